The van der Waals surface area contributed by atoms with Gasteiger partial charge in [0.2, 0.25) is 0 Å². The molecule has 0 aliphatic heterocycles. The molecule has 4 rings (SSSR count). The normalized spacial score (nSPS) is 18.8. The van der Waals surface area contributed by atoms with Gasteiger partial charge in [0.15, 0.2) is 17.3 Å². The number of phenols is 2. The Kier molecular flexibility index (Phi) is 3.15. The molecule has 2 aliphatic carbocycles. The van der Waals surface area contributed by atoms with Crippen LogP contribution in [0.15, 0.2) is 42.0 Å². The Morgan fingerprint density at radius 2 is 1.80 bits per heavy atom. The van der Waals surface area contributed by atoms with Gasteiger partial charge < -0.3 is 10.2 Å². The summed E-state index contributed by atoms with van der Waals surface area (Å²) in [5.41, 5.74) is 0.351. The number of rotatable bonds is 1. The Labute approximate surface area is 142 Å². The third kappa shape index (κ3) is 1.99. The molecular weight excluding hydrogens is 320 g/mol. The number of aromatic hydroxyl groups is 2. The molecule has 0 saturated carbocycles. The molecule has 2 aromatic rings. The second-order valence-electron chi connectivity index (χ2n) is 6.30. The van der Waals surface area contributed by atoms with Crippen LogP contribution in [0.1, 0.15) is 44.4 Å². The second kappa shape index (κ2) is 5.14. The predicted octanol–water partition coefficient (Wildman–Crippen LogP) is 3.34. The van der Waals surface area contributed by atoms with Gasteiger partial charge in [-0.3, -0.25) is 14.4 Å². The first-order valence-electron chi connectivity index (χ1n) is 7.90. The van der Waals surface area contributed by atoms with Crippen LogP contribution in [0.2, 0.25) is 0 Å². The Balaban J connectivity index is 2.10. The smallest absolute Gasteiger partial charge is 0.194 e. The lowest BCUT2D eigenvalue weighted by atomic mass is 9.73. The highest BCUT2D eigenvalue weighted by Crippen LogP contribution is 2.46. The first kappa shape index (κ1) is 15.3. The van der Waals surface area contributed by atoms with E-state index in [0.717, 1.165) is 0 Å². The standard InChI is InChI=1S/C20H14O5/c1-9(21)10-6-7-13-14(8-10)20(25)16-15(19(13)24)17(22)11-4-2-3-5-12(11)18(16)23/h2-4,6-8,12,24-25H,5H2,1H3. The Bertz CT molecular complexity index is 1060. The lowest BCUT2D eigenvalue weighted by Crippen LogP contribution is -2.30. The highest BCUT2D eigenvalue weighted by Gasteiger charge is 2.41. The number of benzene rings is 2. The topological polar surface area (TPSA) is 91.7 Å². The Morgan fingerprint density at radius 1 is 1.08 bits per heavy atom. The van der Waals surface area contributed by atoms with Gasteiger partial charge in [0.25, 0.3) is 0 Å². The number of Topliss-reactive ketones (excluding diaryl/α,β-unsaturated/α-hetero) is 3. The molecule has 5 nitrogen and oxygen atoms in total. The van der Waals surface area contributed by atoms with E-state index in [0.29, 0.717) is 17.6 Å². The van der Waals surface area contributed by atoms with Crippen LogP contribution in [0.3, 0.4) is 0 Å². The fourth-order valence-corrected chi connectivity index (χ4v) is 3.56. The summed E-state index contributed by atoms with van der Waals surface area (Å²) < 4.78 is 0. The maximum absolute atomic E-state index is 12.9. The summed E-state index contributed by atoms with van der Waals surface area (Å²) in [5, 5.41) is 21.7. The van der Waals surface area contributed by atoms with Gasteiger partial charge in [-0.1, -0.05) is 24.3 Å². The molecular formula is C20H14O5. The Hall–Kier alpha value is -3.21. The van der Waals surface area contributed by atoms with Crippen LogP contribution in [0, 0.1) is 5.92 Å². The molecule has 124 valence electrons. The van der Waals surface area contributed by atoms with Crippen LogP contribution in [0.4, 0.5) is 0 Å². The third-order valence-electron chi connectivity index (χ3n) is 4.87. The van der Waals surface area contributed by atoms with Gasteiger partial charge in [-0.15, -0.1) is 0 Å². The average molecular weight is 334 g/mol. The van der Waals surface area contributed by atoms with Gasteiger partial charge in [0, 0.05) is 21.9 Å². The average Bonchev–Trinajstić information content (AvgIpc) is 2.62. The highest BCUT2D eigenvalue weighted by molar-refractivity contribution is 6.28. The van der Waals surface area contributed by atoms with Crippen molar-refractivity contribution in [2.24, 2.45) is 5.92 Å². The van der Waals surface area contributed by atoms with Gasteiger partial charge in [-0.2, -0.15) is 0 Å². The molecule has 0 saturated heterocycles. The number of carbonyl (C=O) groups is 3. The van der Waals surface area contributed by atoms with Crippen molar-refractivity contribution in [1.29, 1.82) is 0 Å². The summed E-state index contributed by atoms with van der Waals surface area (Å²) in [7, 11) is 0. The number of phenolic OH excluding ortho intramolecular Hbond substituents is 2. The van der Waals surface area contributed by atoms with E-state index in [-0.39, 0.29) is 39.2 Å². The highest BCUT2D eigenvalue weighted by atomic mass is 16.3. The summed E-state index contributed by atoms with van der Waals surface area (Å²) in [4.78, 5) is 37.3. The zero-order valence-corrected chi connectivity index (χ0v) is 13.4. The molecule has 0 amide bonds. The molecule has 1 atom stereocenters. The summed E-state index contributed by atoms with van der Waals surface area (Å²) in [6, 6.07) is 4.41. The molecule has 0 spiro atoms. The predicted molar refractivity (Wildman–Crippen MR) is 91.3 cm³/mol. The Morgan fingerprint density at radius 3 is 2.52 bits per heavy atom. The fourth-order valence-electron chi connectivity index (χ4n) is 3.56. The maximum Gasteiger partial charge on any atom is 0.194 e. The van der Waals surface area contributed by atoms with Crippen LogP contribution < -0.4 is 0 Å². The zero-order valence-electron chi connectivity index (χ0n) is 13.4. The molecule has 0 heterocycles. The molecule has 1 unspecified atom stereocenters. The van der Waals surface area contributed by atoms with Crippen molar-refractivity contribution in [2.75, 3.05) is 0 Å². The van der Waals surface area contributed by atoms with E-state index in [9.17, 15) is 24.6 Å². The number of fused-ring (bicyclic) bond motifs is 3. The van der Waals surface area contributed by atoms with Crippen molar-refractivity contribution in [2.45, 2.75) is 13.3 Å². The van der Waals surface area contributed by atoms with Crippen LogP contribution in [-0.4, -0.2) is 27.6 Å². The zero-order chi connectivity index (χ0) is 17.9. The van der Waals surface area contributed by atoms with Crippen LogP contribution in [0.25, 0.3) is 10.8 Å². The lowest BCUT2D eigenvalue weighted by molar-refractivity contribution is 0.0878. The summed E-state index contributed by atoms with van der Waals surface area (Å²) >= 11 is 0. The summed E-state index contributed by atoms with van der Waals surface area (Å²) in [5.74, 6) is -2.40. The van der Waals surface area contributed by atoms with E-state index in [1.54, 1.807) is 18.2 Å². The number of hydrogen-bond donors (Lipinski definition) is 2. The van der Waals surface area contributed by atoms with Gasteiger partial charge in [-0.05, 0) is 25.5 Å². The van der Waals surface area contributed by atoms with Gasteiger partial charge >= 0.3 is 0 Å². The lowest BCUT2D eigenvalue weighted by Gasteiger charge is -2.28. The van der Waals surface area contributed by atoms with Gasteiger partial charge in [0.1, 0.15) is 11.5 Å². The molecule has 2 aliphatic rings. The monoisotopic (exact) mass is 334 g/mol. The minimum Gasteiger partial charge on any atom is -0.507 e. The fraction of sp³-hybridized carbons (Fsp3) is 0.150. The van der Waals surface area contributed by atoms with Crippen molar-refractivity contribution in [3.63, 3.8) is 0 Å². The van der Waals surface area contributed by atoms with E-state index in [1.807, 2.05) is 0 Å². The third-order valence-corrected chi connectivity index (χ3v) is 4.87. The summed E-state index contributed by atoms with van der Waals surface area (Å²) in [6.07, 6.45) is 5.45. The van der Waals surface area contributed by atoms with Crippen LogP contribution in [0.5, 0.6) is 11.5 Å². The maximum atomic E-state index is 12.9. The van der Waals surface area contributed by atoms with E-state index < -0.39 is 17.5 Å². The number of ketones is 3. The molecule has 0 radical (unpaired) electrons. The molecule has 5 heteroatoms. The number of hydrogen-bond acceptors (Lipinski definition) is 5. The minimum absolute atomic E-state index is 0.159. The number of carbonyl (C=O) groups excluding carboxylic acids is 3. The van der Waals surface area contributed by atoms with E-state index in [1.165, 1.54) is 25.1 Å². The first-order chi connectivity index (χ1) is 11.9. The van der Waals surface area contributed by atoms with E-state index in [4.69, 9.17) is 0 Å². The second-order valence-corrected chi connectivity index (χ2v) is 6.30. The van der Waals surface area contributed by atoms with Crippen LogP contribution >= 0.6 is 0 Å². The minimum atomic E-state index is -0.649. The molecule has 2 N–H and O–H groups in total. The first-order valence-corrected chi connectivity index (χ1v) is 7.90. The largest absolute Gasteiger partial charge is 0.507 e. The van der Waals surface area contributed by atoms with Crippen molar-refractivity contribution < 1.29 is 24.6 Å². The summed E-state index contributed by atoms with van der Waals surface area (Å²) in [6.45, 7) is 1.39. The molecule has 0 fully saturated rings. The van der Waals surface area contributed by atoms with E-state index >= 15 is 0 Å². The molecule has 2 aromatic carbocycles. The van der Waals surface area contributed by atoms with E-state index in [2.05, 4.69) is 0 Å². The quantitative estimate of drug-likeness (QED) is 0.616. The molecule has 0 aromatic heterocycles. The number of allylic oxidation sites excluding steroid dienone is 4. The van der Waals surface area contributed by atoms with Gasteiger partial charge in [0.05, 0.1) is 17.0 Å². The molecule has 0 bridgehead atoms. The molecule has 25 heavy (non-hydrogen) atoms. The van der Waals surface area contributed by atoms with Crippen LogP contribution in [-0.2, 0) is 0 Å². The van der Waals surface area contributed by atoms with Crippen molar-refractivity contribution in [1.82, 2.24) is 0 Å². The van der Waals surface area contributed by atoms with Gasteiger partial charge in [-0.25, -0.2) is 0 Å². The van der Waals surface area contributed by atoms with Crippen molar-refractivity contribution in [3.05, 3.63) is 58.7 Å². The van der Waals surface area contributed by atoms with Crippen molar-refractivity contribution >= 4 is 28.1 Å². The SMILES string of the molecule is CC(=O)c1ccc2c(O)c3c(c(O)c2c1)C(=O)C1CC=CC=C1C3=O. The van der Waals surface area contributed by atoms with Crippen molar-refractivity contribution in [3.8, 4) is 11.5 Å².